The number of aryl methyl sites for hydroxylation is 1. The summed E-state index contributed by atoms with van der Waals surface area (Å²) >= 11 is 0. The second kappa shape index (κ2) is 6.43. The lowest BCUT2D eigenvalue weighted by Crippen LogP contribution is -2.33. The summed E-state index contributed by atoms with van der Waals surface area (Å²) in [5, 5.41) is 2.83. The molecule has 0 aliphatic rings. The van der Waals surface area contributed by atoms with Gasteiger partial charge in [-0.15, -0.1) is 0 Å². The molecule has 2 rings (SSSR count). The van der Waals surface area contributed by atoms with Gasteiger partial charge in [0.05, 0.1) is 6.26 Å². The molecule has 1 heterocycles. The van der Waals surface area contributed by atoms with Crippen LogP contribution in [0.5, 0.6) is 0 Å². The van der Waals surface area contributed by atoms with Gasteiger partial charge in [-0.1, -0.05) is 0 Å². The van der Waals surface area contributed by atoms with E-state index in [1.54, 1.807) is 13.2 Å². The van der Waals surface area contributed by atoms with E-state index in [1.807, 2.05) is 19.1 Å². The average Bonchev–Trinajstić information content (AvgIpc) is 2.95. The van der Waals surface area contributed by atoms with Gasteiger partial charge >= 0.3 is 0 Å². The first-order chi connectivity index (χ1) is 9.97. The monoisotopic (exact) mass is 290 g/mol. The van der Waals surface area contributed by atoms with E-state index in [4.69, 9.17) is 10.2 Å². The van der Waals surface area contributed by atoms with Gasteiger partial charge in [-0.25, -0.2) is 4.39 Å². The van der Waals surface area contributed by atoms with Gasteiger partial charge in [-0.05, 0) is 44.5 Å². The fourth-order valence-electron chi connectivity index (χ4n) is 2.02. The number of nitrogens with one attached hydrogen (secondary N) is 1. The lowest BCUT2D eigenvalue weighted by Gasteiger charge is -2.14. The molecule has 112 valence electrons. The lowest BCUT2D eigenvalue weighted by molar-refractivity contribution is 0.0937. The van der Waals surface area contributed by atoms with Crippen molar-refractivity contribution in [1.29, 1.82) is 0 Å². The summed E-state index contributed by atoms with van der Waals surface area (Å²) in [5.74, 6) is 0.0812. The van der Waals surface area contributed by atoms with Crippen molar-refractivity contribution in [2.45, 2.75) is 32.7 Å². The van der Waals surface area contributed by atoms with Crippen molar-refractivity contribution >= 4 is 11.6 Å². The van der Waals surface area contributed by atoms with E-state index in [0.717, 1.165) is 18.6 Å². The highest BCUT2D eigenvalue weighted by molar-refractivity contribution is 5.95. The number of carbonyl (C=O) groups excluding carboxylic acids is 1. The molecule has 1 aromatic heterocycles. The van der Waals surface area contributed by atoms with Crippen LogP contribution in [0.3, 0.4) is 0 Å². The molecule has 0 saturated carbocycles. The number of hydrogen-bond acceptors (Lipinski definition) is 3. The number of furan rings is 1. The second-order valence-electron chi connectivity index (χ2n) is 5.16. The van der Waals surface area contributed by atoms with E-state index in [0.29, 0.717) is 5.56 Å². The van der Waals surface area contributed by atoms with Crippen molar-refractivity contribution in [3.8, 4) is 0 Å². The summed E-state index contributed by atoms with van der Waals surface area (Å²) in [6.07, 6.45) is 3.10. The van der Waals surface area contributed by atoms with Crippen LogP contribution >= 0.6 is 0 Å². The molecule has 0 bridgehead atoms. The summed E-state index contributed by atoms with van der Waals surface area (Å²) < 4.78 is 18.8. The maximum atomic E-state index is 13.6. The molecule has 1 amide bonds. The van der Waals surface area contributed by atoms with Crippen LogP contribution in [0.2, 0.25) is 0 Å². The lowest BCUT2D eigenvalue weighted by atomic mass is 10.1. The largest absolute Gasteiger partial charge is 0.469 e. The Hall–Kier alpha value is -2.30. The summed E-state index contributed by atoms with van der Waals surface area (Å²) in [6, 6.07) is 6.38. The quantitative estimate of drug-likeness (QED) is 0.832. The zero-order chi connectivity index (χ0) is 15.4. The SMILES string of the molecule is Cc1c(N)cc(C(=O)NC(C)CCc2ccco2)cc1F. The Balaban J connectivity index is 1.94. The Morgan fingerprint density at radius 2 is 2.24 bits per heavy atom. The van der Waals surface area contributed by atoms with E-state index in [-0.39, 0.29) is 23.2 Å². The van der Waals surface area contributed by atoms with Crippen molar-refractivity contribution in [3.63, 3.8) is 0 Å². The Labute approximate surface area is 123 Å². The molecule has 1 atom stereocenters. The summed E-state index contributed by atoms with van der Waals surface area (Å²) in [4.78, 5) is 12.1. The molecule has 4 nitrogen and oxygen atoms in total. The molecule has 0 radical (unpaired) electrons. The zero-order valence-electron chi connectivity index (χ0n) is 12.2. The first-order valence-electron chi connectivity index (χ1n) is 6.86. The number of carbonyl (C=O) groups is 1. The van der Waals surface area contributed by atoms with Crippen LogP contribution < -0.4 is 11.1 Å². The van der Waals surface area contributed by atoms with E-state index in [9.17, 15) is 9.18 Å². The van der Waals surface area contributed by atoms with Gasteiger partial charge in [0.15, 0.2) is 0 Å². The highest BCUT2D eigenvalue weighted by atomic mass is 19.1. The predicted octanol–water partition coefficient (Wildman–Crippen LogP) is 3.06. The molecule has 2 aromatic rings. The predicted molar refractivity (Wildman–Crippen MR) is 79.5 cm³/mol. The topological polar surface area (TPSA) is 68.3 Å². The van der Waals surface area contributed by atoms with Crippen molar-refractivity contribution < 1.29 is 13.6 Å². The van der Waals surface area contributed by atoms with Crippen LogP contribution in [0, 0.1) is 12.7 Å². The van der Waals surface area contributed by atoms with Crippen LogP contribution in [0.1, 0.15) is 35.0 Å². The van der Waals surface area contributed by atoms with Crippen LogP contribution in [0.15, 0.2) is 34.9 Å². The summed E-state index contributed by atoms with van der Waals surface area (Å²) in [6.45, 7) is 3.48. The van der Waals surface area contributed by atoms with Crippen molar-refractivity contribution in [3.05, 3.63) is 53.2 Å². The Bertz CT molecular complexity index is 600. The molecule has 0 aliphatic carbocycles. The van der Waals surface area contributed by atoms with Gasteiger partial charge in [-0.2, -0.15) is 0 Å². The summed E-state index contributed by atoms with van der Waals surface area (Å²) in [5.41, 5.74) is 6.56. The molecule has 0 saturated heterocycles. The van der Waals surface area contributed by atoms with Crippen molar-refractivity contribution in [1.82, 2.24) is 5.32 Å². The minimum Gasteiger partial charge on any atom is -0.469 e. The van der Waals surface area contributed by atoms with E-state index in [2.05, 4.69) is 5.32 Å². The average molecular weight is 290 g/mol. The summed E-state index contributed by atoms with van der Waals surface area (Å²) in [7, 11) is 0. The number of nitrogens with two attached hydrogens (primary N) is 1. The zero-order valence-corrected chi connectivity index (χ0v) is 12.2. The number of nitrogen functional groups attached to an aromatic ring is 1. The number of hydrogen-bond donors (Lipinski definition) is 2. The van der Waals surface area contributed by atoms with Gasteiger partial charge in [0, 0.05) is 29.3 Å². The molecule has 5 heteroatoms. The number of amides is 1. The Morgan fingerprint density at radius 1 is 1.48 bits per heavy atom. The maximum absolute atomic E-state index is 13.6. The van der Waals surface area contributed by atoms with Gasteiger partial charge in [0.1, 0.15) is 11.6 Å². The highest BCUT2D eigenvalue weighted by Crippen LogP contribution is 2.17. The number of rotatable bonds is 5. The van der Waals surface area contributed by atoms with E-state index in [1.165, 1.54) is 12.1 Å². The molecule has 1 aromatic carbocycles. The van der Waals surface area contributed by atoms with Crippen LogP contribution in [-0.4, -0.2) is 11.9 Å². The second-order valence-corrected chi connectivity index (χ2v) is 5.16. The fourth-order valence-corrected chi connectivity index (χ4v) is 2.02. The Morgan fingerprint density at radius 3 is 2.86 bits per heavy atom. The van der Waals surface area contributed by atoms with E-state index >= 15 is 0 Å². The number of benzene rings is 1. The Kier molecular flexibility index (Phi) is 4.62. The van der Waals surface area contributed by atoms with Crippen molar-refractivity contribution in [2.75, 3.05) is 5.73 Å². The first kappa shape index (κ1) is 15.1. The number of halogens is 1. The standard InChI is InChI=1S/C16H19FN2O2/c1-10(5-6-13-4-3-7-21-13)19-16(20)12-8-14(17)11(2)15(18)9-12/h3-4,7-10H,5-6,18H2,1-2H3,(H,19,20). The van der Waals surface area contributed by atoms with Crippen molar-refractivity contribution in [2.24, 2.45) is 0 Å². The molecule has 1 unspecified atom stereocenters. The molecular formula is C16H19FN2O2. The minimum absolute atomic E-state index is 0.0480. The molecule has 3 N–H and O–H groups in total. The van der Waals surface area contributed by atoms with Gasteiger partial charge in [0.25, 0.3) is 5.91 Å². The normalized spacial score (nSPS) is 12.1. The number of anilines is 1. The molecule has 0 fully saturated rings. The third kappa shape index (κ3) is 3.84. The van der Waals surface area contributed by atoms with Crippen LogP contribution in [0.4, 0.5) is 10.1 Å². The molecular weight excluding hydrogens is 271 g/mol. The van der Waals surface area contributed by atoms with Gasteiger partial charge in [0.2, 0.25) is 0 Å². The van der Waals surface area contributed by atoms with E-state index < -0.39 is 5.82 Å². The van der Waals surface area contributed by atoms with Gasteiger partial charge in [-0.3, -0.25) is 4.79 Å². The molecule has 0 aliphatic heterocycles. The minimum atomic E-state index is -0.469. The van der Waals surface area contributed by atoms with Crippen LogP contribution in [-0.2, 0) is 6.42 Å². The smallest absolute Gasteiger partial charge is 0.251 e. The third-order valence-corrected chi connectivity index (χ3v) is 3.43. The third-order valence-electron chi connectivity index (χ3n) is 3.43. The van der Waals surface area contributed by atoms with Crippen LogP contribution in [0.25, 0.3) is 0 Å². The van der Waals surface area contributed by atoms with Gasteiger partial charge < -0.3 is 15.5 Å². The molecule has 0 spiro atoms. The maximum Gasteiger partial charge on any atom is 0.251 e. The fraction of sp³-hybridized carbons (Fsp3) is 0.312. The molecule has 21 heavy (non-hydrogen) atoms. The highest BCUT2D eigenvalue weighted by Gasteiger charge is 2.13. The first-order valence-corrected chi connectivity index (χ1v) is 6.86.